The van der Waals surface area contributed by atoms with E-state index in [0.717, 1.165) is 0 Å². The van der Waals surface area contributed by atoms with E-state index in [1.165, 1.54) is 6.26 Å². The standard InChI is InChI=1S/C8H10ClNO2/c1-6-7(2-5-12-6)8(11)10-4-3-9/h2,5H,3-4H2,1H3,(H,10,11). The molecule has 3 nitrogen and oxygen atoms in total. The minimum atomic E-state index is -0.137. The van der Waals surface area contributed by atoms with Gasteiger partial charge in [0.2, 0.25) is 0 Å². The average molecular weight is 188 g/mol. The molecule has 1 rings (SSSR count). The molecule has 0 aliphatic rings. The van der Waals surface area contributed by atoms with Gasteiger partial charge in [-0.05, 0) is 13.0 Å². The lowest BCUT2D eigenvalue weighted by molar-refractivity contribution is 0.0954. The molecule has 1 aromatic rings. The Hall–Kier alpha value is -0.960. The lowest BCUT2D eigenvalue weighted by atomic mass is 10.2. The van der Waals surface area contributed by atoms with Crippen LogP contribution in [-0.4, -0.2) is 18.3 Å². The van der Waals surface area contributed by atoms with Crippen LogP contribution in [0.1, 0.15) is 16.1 Å². The number of nitrogens with one attached hydrogen (secondary N) is 1. The van der Waals surface area contributed by atoms with Gasteiger partial charge < -0.3 is 9.73 Å². The molecule has 0 fully saturated rings. The minimum absolute atomic E-state index is 0.137. The zero-order valence-electron chi connectivity index (χ0n) is 6.76. The quantitative estimate of drug-likeness (QED) is 0.730. The first-order valence-electron chi connectivity index (χ1n) is 3.64. The second kappa shape index (κ2) is 4.16. The van der Waals surface area contributed by atoms with Gasteiger partial charge in [0.25, 0.3) is 5.91 Å². The lowest BCUT2D eigenvalue weighted by Gasteiger charge is -1.99. The molecule has 0 spiro atoms. The van der Waals surface area contributed by atoms with E-state index in [2.05, 4.69) is 5.32 Å². The Kier molecular flexibility index (Phi) is 3.17. The van der Waals surface area contributed by atoms with Crippen molar-refractivity contribution in [2.75, 3.05) is 12.4 Å². The van der Waals surface area contributed by atoms with Gasteiger partial charge in [0.15, 0.2) is 0 Å². The van der Waals surface area contributed by atoms with Crippen LogP contribution in [0.5, 0.6) is 0 Å². The Morgan fingerprint density at radius 3 is 3.00 bits per heavy atom. The smallest absolute Gasteiger partial charge is 0.254 e. The summed E-state index contributed by atoms with van der Waals surface area (Å²) in [5, 5.41) is 2.64. The largest absolute Gasteiger partial charge is 0.469 e. The number of hydrogen-bond acceptors (Lipinski definition) is 2. The normalized spacial score (nSPS) is 9.83. The van der Waals surface area contributed by atoms with Crippen molar-refractivity contribution in [3.63, 3.8) is 0 Å². The maximum absolute atomic E-state index is 11.3. The summed E-state index contributed by atoms with van der Waals surface area (Å²) in [5.41, 5.74) is 0.570. The van der Waals surface area contributed by atoms with Gasteiger partial charge in [0, 0.05) is 12.4 Å². The number of hydrogen-bond donors (Lipinski definition) is 1. The van der Waals surface area contributed by atoms with E-state index in [-0.39, 0.29) is 5.91 Å². The highest BCUT2D eigenvalue weighted by Crippen LogP contribution is 2.07. The third-order valence-electron chi connectivity index (χ3n) is 1.48. The van der Waals surface area contributed by atoms with Crippen LogP contribution < -0.4 is 5.32 Å². The van der Waals surface area contributed by atoms with Crippen molar-refractivity contribution in [2.45, 2.75) is 6.92 Å². The number of amides is 1. The van der Waals surface area contributed by atoms with Crippen LogP contribution in [0.3, 0.4) is 0 Å². The molecule has 4 heteroatoms. The monoisotopic (exact) mass is 187 g/mol. The van der Waals surface area contributed by atoms with Crippen molar-refractivity contribution in [3.05, 3.63) is 23.7 Å². The molecule has 0 aliphatic heterocycles. The molecule has 1 aromatic heterocycles. The zero-order chi connectivity index (χ0) is 8.97. The second-order valence-electron chi connectivity index (χ2n) is 2.34. The second-order valence-corrected chi connectivity index (χ2v) is 2.71. The fraction of sp³-hybridized carbons (Fsp3) is 0.375. The predicted octanol–water partition coefficient (Wildman–Crippen LogP) is 1.56. The molecule has 0 unspecified atom stereocenters. The Bertz CT molecular complexity index is 270. The van der Waals surface area contributed by atoms with E-state index in [1.54, 1.807) is 13.0 Å². The highest BCUT2D eigenvalue weighted by Gasteiger charge is 2.09. The van der Waals surface area contributed by atoms with Crippen molar-refractivity contribution in [2.24, 2.45) is 0 Å². The highest BCUT2D eigenvalue weighted by molar-refractivity contribution is 6.18. The topological polar surface area (TPSA) is 42.2 Å². The summed E-state index contributed by atoms with van der Waals surface area (Å²) in [6.07, 6.45) is 1.49. The molecule has 0 aromatic carbocycles. The van der Waals surface area contributed by atoms with Crippen molar-refractivity contribution in [1.29, 1.82) is 0 Å². The Labute approximate surface area is 75.7 Å². The molecule has 0 radical (unpaired) electrons. The Morgan fingerprint density at radius 1 is 1.75 bits per heavy atom. The third-order valence-corrected chi connectivity index (χ3v) is 1.67. The number of halogens is 1. The zero-order valence-corrected chi connectivity index (χ0v) is 7.52. The van der Waals surface area contributed by atoms with E-state index in [4.69, 9.17) is 16.0 Å². The van der Waals surface area contributed by atoms with Crippen molar-refractivity contribution >= 4 is 17.5 Å². The first-order chi connectivity index (χ1) is 5.75. The maximum atomic E-state index is 11.3. The molecule has 0 aliphatic carbocycles. The lowest BCUT2D eigenvalue weighted by Crippen LogP contribution is -2.25. The molecule has 1 N–H and O–H groups in total. The first kappa shape index (κ1) is 9.13. The van der Waals surface area contributed by atoms with Gasteiger partial charge in [-0.2, -0.15) is 0 Å². The van der Waals surface area contributed by atoms with Crippen LogP contribution in [0.25, 0.3) is 0 Å². The third kappa shape index (κ3) is 2.01. The van der Waals surface area contributed by atoms with Gasteiger partial charge in [-0.15, -0.1) is 11.6 Å². The van der Waals surface area contributed by atoms with Crippen LogP contribution in [0.4, 0.5) is 0 Å². The molecule has 12 heavy (non-hydrogen) atoms. The molecular weight excluding hydrogens is 178 g/mol. The van der Waals surface area contributed by atoms with E-state index < -0.39 is 0 Å². The summed E-state index contributed by atoms with van der Waals surface area (Å²) in [6.45, 7) is 2.22. The Balaban J connectivity index is 2.59. The molecule has 0 saturated carbocycles. The summed E-state index contributed by atoms with van der Waals surface area (Å²) < 4.78 is 4.97. The van der Waals surface area contributed by atoms with Crippen LogP contribution in [-0.2, 0) is 0 Å². The van der Waals surface area contributed by atoms with E-state index in [9.17, 15) is 4.79 Å². The summed E-state index contributed by atoms with van der Waals surface area (Å²) in [5.74, 6) is 0.909. The minimum Gasteiger partial charge on any atom is -0.469 e. The highest BCUT2D eigenvalue weighted by atomic mass is 35.5. The number of furan rings is 1. The fourth-order valence-electron chi connectivity index (χ4n) is 0.877. The van der Waals surface area contributed by atoms with Gasteiger partial charge in [-0.25, -0.2) is 0 Å². The van der Waals surface area contributed by atoms with E-state index in [0.29, 0.717) is 23.7 Å². The molecule has 66 valence electrons. The summed E-state index contributed by atoms with van der Waals surface area (Å²) in [7, 11) is 0. The number of alkyl halides is 1. The molecular formula is C8H10ClNO2. The molecule has 1 amide bonds. The fourth-order valence-corrected chi connectivity index (χ4v) is 0.971. The summed E-state index contributed by atoms with van der Waals surface area (Å²) >= 11 is 5.41. The number of aryl methyl sites for hydroxylation is 1. The molecule has 1 heterocycles. The maximum Gasteiger partial charge on any atom is 0.254 e. The number of rotatable bonds is 3. The van der Waals surface area contributed by atoms with Crippen molar-refractivity contribution in [3.8, 4) is 0 Å². The van der Waals surface area contributed by atoms with Crippen LogP contribution in [0.2, 0.25) is 0 Å². The van der Waals surface area contributed by atoms with Gasteiger partial charge >= 0.3 is 0 Å². The van der Waals surface area contributed by atoms with E-state index in [1.807, 2.05) is 0 Å². The Morgan fingerprint density at radius 2 is 2.50 bits per heavy atom. The molecule has 0 saturated heterocycles. The number of carbonyl (C=O) groups is 1. The van der Waals surface area contributed by atoms with Crippen LogP contribution in [0.15, 0.2) is 16.7 Å². The van der Waals surface area contributed by atoms with Gasteiger partial charge in [0.05, 0.1) is 11.8 Å². The summed E-state index contributed by atoms with van der Waals surface area (Å²) in [6, 6.07) is 1.64. The SMILES string of the molecule is Cc1occc1C(=O)NCCCl. The van der Waals surface area contributed by atoms with Gasteiger partial charge in [-0.1, -0.05) is 0 Å². The average Bonchev–Trinajstić information content (AvgIpc) is 2.47. The van der Waals surface area contributed by atoms with Crippen LogP contribution >= 0.6 is 11.6 Å². The number of carbonyl (C=O) groups excluding carboxylic acids is 1. The van der Waals surface area contributed by atoms with Crippen LogP contribution in [0, 0.1) is 6.92 Å². The predicted molar refractivity (Wildman–Crippen MR) is 46.5 cm³/mol. The van der Waals surface area contributed by atoms with Crippen molar-refractivity contribution in [1.82, 2.24) is 5.32 Å². The molecule has 0 bridgehead atoms. The van der Waals surface area contributed by atoms with Crippen molar-refractivity contribution < 1.29 is 9.21 Å². The summed E-state index contributed by atoms with van der Waals surface area (Å²) in [4.78, 5) is 11.3. The first-order valence-corrected chi connectivity index (χ1v) is 4.17. The van der Waals surface area contributed by atoms with Gasteiger partial charge in [-0.3, -0.25) is 4.79 Å². The van der Waals surface area contributed by atoms with E-state index >= 15 is 0 Å². The van der Waals surface area contributed by atoms with Gasteiger partial charge in [0.1, 0.15) is 5.76 Å². The molecule has 0 atom stereocenters.